The molecule has 0 aliphatic carbocycles. The number of rotatable bonds is 3. The van der Waals surface area contributed by atoms with Gasteiger partial charge in [-0.3, -0.25) is 9.89 Å². The molecular weight excluding hydrogens is 148 g/mol. The van der Waals surface area contributed by atoms with Crippen LogP contribution in [0.4, 0.5) is 0 Å². The predicted octanol–water partition coefficient (Wildman–Crippen LogP) is -0.850. The zero-order valence-corrected chi connectivity index (χ0v) is 5.90. The third kappa shape index (κ3) is 1.53. The predicted molar refractivity (Wildman–Crippen MR) is 35.8 cm³/mol. The highest BCUT2D eigenvalue weighted by molar-refractivity contribution is 5.74. The molecule has 1 rings (SSSR count). The molecule has 0 radical (unpaired) electrons. The van der Waals surface area contributed by atoms with Gasteiger partial charge in [-0.1, -0.05) is 0 Å². The van der Waals surface area contributed by atoms with Gasteiger partial charge in [0.15, 0.2) is 11.9 Å². The van der Waals surface area contributed by atoms with Crippen LogP contribution in [0.2, 0.25) is 0 Å². The molecule has 0 spiro atoms. The van der Waals surface area contributed by atoms with Gasteiger partial charge >= 0.3 is 5.97 Å². The Morgan fingerprint density at radius 3 is 3.00 bits per heavy atom. The second-order valence-electron chi connectivity index (χ2n) is 1.93. The second kappa shape index (κ2) is 3.11. The van der Waals surface area contributed by atoms with Gasteiger partial charge in [-0.2, -0.15) is 5.10 Å². The molecule has 0 saturated carbocycles. The standard InChI is InChI=1S/C5H8N4O2/c1-6-3(5(10)11)4-7-2-8-9-4/h2-3,6H,1H3,(H,10,11)(H,7,8,9). The number of nitrogens with zero attached hydrogens (tertiary/aromatic N) is 2. The highest BCUT2D eigenvalue weighted by Gasteiger charge is 2.19. The van der Waals surface area contributed by atoms with Gasteiger partial charge in [-0.15, -0.1) is 0 Å². The van der Waals surface area contributed by atoms with Gasteiger partial charge in [0.1, 0.15) is 6.33 Å². The van der Waals surface area contributed by atoms with Crippen molar-refractivity contribution in [2.24, 2.45) is 0 Å². The maximum atomic E-state index is 10.5. The van der Waals surface area contributed by atoms with Crippen molar-refractivity contribution in [3.8, 4) is 0 Å². The van der Waals surface area contributed by atoms with E-state index in [9.17, 15) is 4.79 Å². The number of hydrogen-bond donors (Lipinski definition) is 3. The van der Waals surface area contributed by atoms with E-state index in [2.05, 4.69) is 20.5 Å². The fourth-order valence-corrected chi connectivity index (χ4v) is 0.731. The van der Waals surface area contributed by atoms with Crippen LogP contribution in [0, 0.1) is 0 Å². The zero-order valence-electron chi connectivity index (χ0n) is 5.90. The number of aliphatic carboxylic acids is 1. The van der Waals surface area contributed by atoms with Crippen molar-refractivity contribution in [2.75, 3.05) is 7.05 Å². The fraction of sp³-hybridized carbons (Fsp3) is 0.400. The lowest BCUT2D eigenvalue weighted by atomic mass is 10.3. The molecule has 0 aliphatic heterocycles. The third-order valence-electron chi connectivity index (χ3n) is 1.24. The minimum Gasteiger partial charge on any atom is -0.480 e. The topological polar surface area (TPSA) is 90.9 Å². The molecule has 60 valence electrons. The number of aromatic amines is 1. The van der Waals surface area contributed by atoms with Crippen LogP contribution in [0.3, 0.4) is 0 Å². The van der Waals surface area contributed by atoms with E-state index in [1.165, 1.54) is 6.33 Å². The average Bonchev–Trinajstić information content (AvgIpc) is 2.40. The van der Waals surface area contributed by atoms with E-state index >= 15 is 0 Å². The van der Waals surface area contributed by atoms with Crippen LogP contribution in [-0.2, 0) is 4.79 Å². The van der Waals surface area contributed by atoms with Gasteiger partial charge in [-0.05, 0) is 7.05 Å². The second-order valence-corrected chi connectivity index (χ2v) is 1.93. The molecular formula is C5H8N4O2. The lowest BCUT2D eigenvalue weighted by Gasteiger charge is -2.05. The van der Waals surface area contributed by atoms with Gasteiger partial charge in [0.25, 0.3) is 0 Å². The van der Waals surface area contributed by atoms with Crippen molar-refractivity contribution in [2.45, 2.75) is 6.04 Å². The number of likely N-dealkylation sites (N-methyl/N-ethyl adjacent to an activating group) is 1. The van der Waals surface area contributed by atoms with E-state index in [1.54, 1.807) is 7.05 Å². The van der Waals surface area contributed by atoms with Gasteiger partial charge in [0.05, 0.1) is 0 Å². The molecule has 0 bridgehead atoms. The van der Waals surface area contributed by atoms with Gasteiger partial charge < -0.3 is 10.4 Å². The number of aromatic nitrogens is 3. The monoisotopic (exact) mass is 156 g/mol. The molecule has 1 heterocycles. The van der Waals surface area contributed by atoms with Crippen LogP contribution < -0.4 is 5.32 Å². The Kier molecular flexibility index (Phi) is 2.17. The number of hydrogen-bond acceptors (Lipinski definition) is 4. The Bertz CT molecular complexity index is 233. The number of carbonyl (C=O) groups is 1. The molecule has 1 atom stereocenters. The molecule has 1 aromatic rings. The van der Waals surface area contributed by atoms with Crippen LogP contribution >= 0.6 is 0 Å². The lowest BCUT2D eigenvalue weighted by Crippen LogP contribution is -2.26. The first-order valence-electron chi connectivity index (χ1n) is 3.01. The summed E-state index contributed by atoms with van der Waals surface area (Å²) in [4.78, 5) is 14.2. The van der Waals surface area contributed by atoms with Crippen LogP contribution in [0.25, 0.3) is 0 Å². The number of nitrogens with one attached hydrogen (secondary N) is 2. The molecule has 11 heavy (non-hydrogen) atoms. The summed E-state index contributed by atoms with van der Waals surface area (Å²) < 4.78 is 0. The van der Waals surface area contributed by atoms with Crippen LogP contribution in [0.5, 0.6) is 0 Å². The van der Waals surface area contributed by atoms with E-state index < -0.39 is 12.0 Å². The van der Waals surface area contributed by atoms with Crippen molar-refractivity contribution in [1.82, 2.24) is 20.5 Å². The van der Waals surface area contributed by atoms with E-state index in [-0.39, 0.29) is 0 Å². The summed E-state index contributed by atoms with van der Waals surface area (Å²) in [7, 11) is 1.54. The maximum absolute atomic E-state index is 10.5. The quantitative estimate of drug-likeness (QED) is 0.530. The fourth-order valence-electron chi connectivity index (χ4n) is 0.731. The summed E-state index contributed by atoms with van der Waals surface area (Å²) >= 11 is 0. The van der Waals surface area contributed by atoms with Crippen molar-refractivity contribution in [1.29, 1.82) is 0 Å². The minimum absolute atomic E-state index is 0.306. The minimum atomic E-state index is -0.982. The molecule has 1 aromatic heterocycles. The Morgan fingerprint density at radius 1 is 1.91 bits per heavy atom. The highest BCUT2D eigenvalue weighted by atomic mass is 16.4. The molecule has 1 unspecified atom stereocenters. The number of H-pyrrole nitrogens is 1. The zero-order chi connectivity index (χ0) is 8.27. The number of carboxylic acid groups (broad SMARTS) is 1. The van der Waals surface area contributed by atoms with Crippen LogP contribution in [-0.4, -0.2) is 33.3 Å². The van der Waals surface area contributed by atoms with Crippen molar-refractivity contribution in [3.63, 3.8) is 0 Å². The van der Waals surface area contributed by atoms with E-state index in [1.807, 2.05) is 0 Å². The molecule has 0 aromatic carbocycles. The lowest BCUT2D eigenvalue weighted by molar-refractivity contribution is -0.139. The third-order valence-corrected chi connectivity index (χ3v) is 1.24. The van der Waals surface area contributed by atoms with E-state index in [0.29, 0.717) is 5.82 Å². The van der Waals surface area contributed by atoms with Crippen molar-refractivity contribution < 1.29 is 9.90 Å². The summed E-state index contributed by atoms with van der Waals surface area (Å²) in [5.41, 5.74) is 0. The number of carboxylic acids is 1. The molecule has 3 N–H and O–H groups in total. The SMILES string of the molecule is CNC(C(=O)O)c1ncn[nH]1. The Balaban J connectivity index is 2.79. The molecule has 6 nitrogen and oxygen atoms in total. The molecule has 0 aliphatic rings. The van der Waals surface area contributed by atoms with Gasteiger partial charge in [0, 0.05) is 0 Å². The largest absolute Gasteiger partial charge is 0.480 e. The van der Waals surface area contributed by atoms with E-state index in [0.717, 1.165) is 0 Å². The Labute approximate surface area is 62.6 Å². The first-order valence-corrected chi connectivity index (χ1v) is 3.01. The van der Waals surface area contributed by atoms with Crippen LogP contribution in [0.1, 0.15) is 11.9 Å². The summed E-state index contributed by atoms with van der Waals surface area (Å²) in [6.07, 6.45) is 1.27. The Morgan fingerprint density at radius 2 is 2.64 bits per heavy atom. The first-order chi connectivity index (χ1) is 5.25. The Hall–Kier alpha value is -1.43. The van der Waals surface area contributed by atoms with E-state index in [4.69, 9.17) is 5.11 Å². The molecule has 0 fully saturated rings. The molecule has 0 saturated heterocycles. The summed E-state index contributed by atoms with van der Waals surface area (Å²) in [6, 6.07) is -0.808. The summed E-state index contributed by atoms with van der Waals surface area (Å²) in [6.45, 7) is 0. The normalized spacial score (nSPS) is 12.8. The molecule has 0 amide bonds. The first kappa shape index (κ1) is 7.67. The maximum Gasteiger partial charge on any atom is 0.328 e. The smallest absolute Gasteiger partial charge is 0.328 e. The molecule has 6 heteroatoms. The summed E-state index contributed by atoms with van der Waals surface area (Å²) in [5, 5.41) is 17.2. The van der Waals surface area contributed by atoms with Crippen molar-refractivity contribution >= 4 is 5.97 Å². The van der Waals surface area contributed by atoms with Crippen molar-refractivity contribution in [3.05, 3.63) is 12.2 Å². The van der Waals surface area contributed by atoms with Gasteiger partial charge in [-0.25, -0.2) is 4.98 Å². The summed E-state index contributed by atoms with van der Waals surface area (Å²) in [5.74, 6) is -0.677. The van der Waals surface area contributed by atoms with Crippen LogP contribution in [0.15, 0.2) is 6.33 Å². The highest BCUT2D eigenvalue weighted by Crippen LogP contribution is 2.03. The average molecular weight is 156 g/mol. The van der Waals surface area contributed by atoms with Gasteiger partial charge in [0.2, 0.25) is 0 Å².